The van der Waals surface area contributed by atoms with Gasteiger partial charge in [0.05, 0.1) is 0 Å². The van der Waals surface area contributed by atoms with Crippen LogP contribution in [0.25, 0.3) is 0 Å². The normalized spacial score (nSPS) is 21.4. The van der Waals surface area contributed by atoms with Gasteiger partial charge >= 0.3 is 0 Å². The Labute approximate surface area is 175 Å². The maximum atomic E-state index is 5.60. The number of hydrogen-bond donors (Lipinski definition) is 1. The summed E-state index contributed by atoms with van der Waals surface area (Å²) in [4.78, 5) is 5.12. The summed E-state index contributed by atoms with van der Waals surface area (Å²) >= 11 is 0. The predicted octanol–water partition coefficient (Wildman–Crippen LogP) is 3.96. The number of ether oxygens (including phenoxy) is 1. The van der Waals surface area contributed by atoms with E-state index >= 15 is 0 Å². The Morgan fingerprint density at radius 2 is 1.66 bits per heavy atom. The third kappa shape index (κ3) is 6.05. The number of nitrogens with one attached hydrogen (secondary N) is 1. The lowest BCUT2D eigenvalue weighted by molar-refractivity contribution is 0.181. The van der Waals surface area contributed by atoms with Gasteiger partial charge in [0.2, 0.25) is 0 Å². The topological polar surface area (TPSA) is 27.7 Å². The van der Waals surface area contributed by atoms with E-state index in [1.165, 1.54) is 37.1 Å². The van der Waals surface area contributed by atoms with Gasteiger partial charge in [-0.1, -0.05) is 48.5 Å². The molecule has 2 aliphatic rings. The van der Waals surface area contributed by atoms with E-state index < -0.39 is 0 Å². The minimum Gasteiger partial charge on any atom is -0.381 e. The molecule has 2 aromatic carbocycles. The molecule has 1 N–H and O–H groups in total. The Morgan fingerprint density at radius 1 is 0.931 bits per heavy atom. The van der Waals surface area contributed by atoms with Gasteiger partial charge in [0.25, 0.3) is 0 Å². The van der Waals surface area contributed by atoms with Crippen LogP contribution in [0.2, 0.25) is 0 Å². The van der Waals surface area contributed by atoms with E-state index in [-0.39, 0.29) is 0 Å². The molecule has 0 saturated carbocycles. The Hall–Kier alpha value is -1.88. The van der Waals surface area contributed by atoms with Crippen molar-refractivity contribution >= 4 is 5.69 Å². The average Bonchev–Trinajstić information content (AvgIpc) is 3.31. The quantitative estimate of drug-likeness (QED) is 0.653. The highest BCUT2D eigenvalue weighted by molar-refractivity contribution is 5.46. The molecule has 0 unspecified atom stereocenters. The first kappa shape index (κ1) is 20.4. The number of hydrogen-bond acceptors (Lipinski definition) is 4. The molecule has 2 atom stereocenters. The molecule has 0 bridgehead atoms. The first-order chi connectivity index (χ1) is 14.4. The summed E-state index contributed by atoms with van der Waals surface area (Å²) in [6.07, 6.45) is 3.59. The second-order valence-corrected chi connectivity index (χ2v) is 8.40. The fourth-order valence-electron chi connectivity index (χ4n) is 4.57. The predicted molar refractivity (Wildman–Crippen MR) is 120 cm³/mol. The second-order valence-electron chi connectivity index (χ2n) is 8.40. The van der Waals surface area contributed by atoms with Crippen molar-refractivity contribution in [2.75, 3.05) is 57.4 Å². The number of anilines is 1. The third-order valence-corrected chi connectivity index (χ3v) is 6.33. The zero-order chi connectivity index (χ0) is 19.7. The van der Waals surface area contributed by atoms with E-state index in [2.05, 4.69) is 75.8 Å². The minimum atomic E-state index is 0.442. The lowest BCUT2D eigenvalue weighted by Gasteiger charge is -2.36. The summed E-state index contributed by atoms with van der Waals surface area (Å²) in [6, 6.07) is 22.2. The van der Waals surface area contributed by atoms with Crippen LogP contribution in [0.3, 0.4) is 0 Å². The fraction of sp³-hybridized carbons (Fsp3) is 0.520. The molecule has 2 saturated heterocycles. The standard InChI is InChI=1S/C25H35N3O/c1-3-8-23(9-4-1)25(20-22-12-19-29-21-22)26-13-7-14-27-15-17-28(18-16-27)24-10-5-2-6-11-24/h1-6,8-11,22,25-26H,7,12-21H2/t22-,25-/m0/s1. The highest BCUT2D eigenvalue weighted by Gasteiger charge is 2.22. The van der Waals surface area contributed by atoms with Gasteiger partial charge in [-0.2, -0.15) is 0 Å². The van der Waals surface area contributed by atoms with Crippen LogP contribution in [0.1, 0.15) is 30.9 Å². The number of nitrogens with zero attached hydrogens (tertiary/aromatic N) is 2. The first-order valence-corrected chi connectivity index (χ1v) is 11.3. The van der Waals surface area contributed by atoms with Gasteiger partial charge in [-0.05, 0) is 56.0 Å². The fourth-order valence-corrected chi connectivity index (χ4v) is 4.57. The van der Waals surface area contributed by atoms with Crippen molar-refractivity contribution in [2.24, 2.45) is 5.92 Å². The Balaban J connectivity index is 1.19. The summed E-state index contributed by atoms with van der Waals surface area (Å²) in [5.74, 6) is 0.693. The monoisotopic (exact) mass is 393 g/mol. The lowest BCUT2D eigenvalue weighted by atomic mass is 9.94. The summed E-state index contributed by atoms with van der Waals surface area (Å²) < 4.78 is 5.60. The van der Waals surface area contributed by atoms with Crippen LogP contribution in [0.15, 0.2) is 60.7 Å². The summed E-state index contributed by atoms with van der Waals surface area (Å²) in [6.45, 7) is 8.71. The number of piperazine rings is 1. The molecular weight excluding hydrogens is 358 g/mol. The Kier molecular flexibility index (Phi) is 7.57. The van der Waals surface area contributed by atoms with Crippen LogP contribution in [0.5, 0.6) is 0 Å². The molecule has 4 nitrogen and oxygen atoms in total. The molecule has 0 radical (unpaired) electrons. The van der Waals surface area contributed by atoms with Gasteiger partial charge in [-0.25, -0.2) is 0 Å². The minimum absolute atomic E-state index is 0.442. The molecule has 2 aliphatic heterocycles. The summed E-state index contributed by atoms with van der Waals surface area (Å²) in [5, 5.41) is 3.84. The molecule has 2 heterocycles. The number of benzene rings is 2. The number of para-hydroxylation sites is 1. The van der Waals surface area contributed by atoms with Crippen molar-refractivity contribution < 1.29 is 4.74 Å². The van der Waals surface area contributed by atoms with Gasteiger partial charge in [0, 0.05) is 51.1 Å². The summed E-state index contributed by atoms with van der Waals surface area (Å²) in [7, 11) is 0. The maximum absolute atomic E-state index is 5.60. The van der Waals surface area contributed by atoms with E-state index in [4.69, 9.17) is 4.74 Å². The molecule has 0 aromatic heterocycles. The SMILES string of the molecule is c1ccc([C@H](C[C@@H]2CCOC2)NCCCN2CCN(c3ccccc3)CC2)cc1. The van der Waals surface area contributed by atoms with Crippen molar-refractivity contribution in [3.8, 4) is 0 Å². The van der Waals surface area contributed by atoms with E-state index in [0.717, 1.165) is 45.9 Å². The van der Waals surface area contributed by atoms with Crippen LogP contribution in [0.4, 0.5) is 5.69 Å². The molecular formula is C25H35N3O. The van der Waals surface area contributed by atoms with Crippen molar-refractivity contribution in [1.29, 1.82) is 0 Å². The molecule has 29 heavy (non-hydrogen) atoms. The van der Waals surface area contributed by atoms with Crippen LogP contribution in [-0.4, -0.2) is 57.4 Å². The van der Waals surface area contributed by atoms with E-state index in [1.54, 1.807) is 0 Å². The highest BCUT2D eigenvalue weighted by Crippen LogP contribution is 2.26. The maximum Gasteiger partial charge on any atom is 0.0495 e. The van der Waals surface area contributed by atoms with Crippen molar-refractivity contribution in [2.45, 2.75) is 25.3 Å². The van der Waals surface area contributed by atoms with Gasteiger partial charge < -0.3 is 15.0 Å². The molecule has 4 heteroatoms. The van der Waals surface area contributed by atoms with Gasteiger partial charge in [-0.15, -0.1) is 0 Å². The van der Waals surface area contributed by atoms with Crippen LogP contribution in [0, 0.1) is 5.92 Å². The lowest BCUT2D eigenvalue weighted by Crippen LogP contribution is -2.47. The molecule has 2 fully saturated rings. The molecule has 2 aromatic rings. The molecule has 0 amide bonds. The van der Waals surface area contributed by atoms with Gasteiger partial charge in [0.15, 0.2) is 0 Å². The zero-order valence-electron chi connectivity index (χ0n) is 17.5. The molecule has 156 valence electrons. The Morgan fingerprint density at radius 3 is 2.34 bits per heavy atom. The van der Waals surface area contributed by atoms with E-state index in [0.29, 0.717) is 12.0 Å². The Bertz CT molecular complexity index is 695. The number of rotatable bonds is 9. The van der Waals surface area contributed by atoms with Gasteiger partial charge in [0.1, 0.15) is 0 Å². The third-order valence-electron chi connectivity index (χ3n) is 6.33. The largest absolute Gasteiger partial charge is 0.381 e. The van der Waals surface area contributed by atoms with Crippen molar-refractivity contribution in [1.82, 2.24) is 10.2 Å². The second kappa shape index (κ2) is 10.8. The van der Waals surface area contributed by atoms with Crippen molar-refractivity contribution in [3.05, 3.63) is 66.2 Å². The van der Waals surface area contributed by atoms with Crippen LogP contribution in [-0.2, 0) is 4.74 Å². The summed E-state index contributed by atoms with van der Waals surface area (Å²) in [5.41, 5.74) is 2.77. The molecule has 0 aliphatic carbocycles. The van der Waals surface area contributed by atoms with Crippen LogP contribution >= 0.6 is 0 Å². The smallest absolute Gasteiger partial charge is 0.0495 e. The molecule has 4 rings (SSSR count). The van der Waals surface area contributed by atoms with Crippen LogP contribution < -0.4 is 10.2 Å². The van der Waals surface area contributed by atoms with E-state index in [9.17, 15) is 0 Å². The first-order valence-electron chi connectivity index (χ1n) is 11.3. The van der Waals surface area contributed by atoms with Crippen molar-refractivity contribution in [3.63, 3.8) is 0 Å². The van der Waals surface area contributed by atoms with Gasteiger partial charge in [-0.3, -0.25) is 4.90 Å². The highest BCUT2D eigenvalue weighted by atomic mass is 16.5. The zero-order valence-corrected chi connectivity index (χ0v) is 17.5. The molecule has 0 spiro atoms. The average molecular weight is 394 g/mol. The van der Waals surface area contributed by atoms with E-state index in [1.807, 2.05) is 0 Å².